The van der Waals surface area contributed by atoms with Crippen LogP contribution in [0.25, 0.3) is 0 Å². The lowest BCUT2D eigenvalue weighted by Crippen LogP contribution is -2.16. The van der Waals surface area contributed by atoms with E-state index in [1.807, 2.05) is 14.1 Å². The third kappa shape index (κ3) is 8.27. The van der Waals surface area contributed by atoms with Crippen molar-refractivity contribution < 1.29 is 4.18 Å². The van der Waals surface area contributed by atoms with Gasteiger partial charge in [0.05, 0.1) is 6.61 Å². The Hall–Kier alpha value is 0.270. The Bertz CT molecular complexity index is 59.0. The van der Waals surface area contributed by atoms with E-state index in [-0.39, 0.29) is 0 Å². The van der Waals surface area contributed by atoms with E-state index < -0.39 is 0 Å². The summed E-state index contributed by atoms with van der Waals surface area (Å²) in [4.78, 5) is 2.11. The molecule has 0 rings (SSSR count). The van der Waals surface area contributed by atoms with E-state index in [4.69, 9.17) is 4.18 Å². The van der Waals surface area contributed by atoms with Gasteiger partial charge in [0.1, 0.15) is 0 Å². The molecule has 0 aromatic rings. The quantitative estimate of drug-likeness (QED) is 0.431. The molecular formula is C6H15NOS. The van der Waals surface area contributed by atoms with E-state index in [0.29, 0.717) is 0 Å². The summed E-state index contributed by atoms with van der Waals surface area (Å²) < 4.78 is 5.17. The molecule has 0 saturated carbocycles. The molecule has 0 aromatic carbocycles. The predicted octanol–water partition coefficient (Wildman–Crippen LogP) is 1.23. The second-order valence-corrected chi connectivity index (χ2v) is 3.08. The first-order valence-electron chi connectivity index (χ1n) is 3.16. The summed E-state index contributed by atoms with van der Waals surface area (Å²) in [6, 6.07) is 0. The Balaban J connectivity index is 2.75. The lowest BCUT2D eigenvalue weighted by atomic mass is 10.6. The van der Waals surface area contributed by atoms with Crippen LogP contribution in [-0.2, 0) is 4.18 Å². The average Bonchev–Trinajstić information content (AvgIpc) is 1.80. The molecule has 0 aromatic heterocycles. The first-order valence-corrected chi connectivity index (χ1v) is 4.07. The van der Waals surface area contributed by atoms with E-state index in [1.54, 1.807) is 0 Å². The second kappa shape index (κ2) is 6.39. The predicted molar refractivity (Wildman–Crippen MR) is 42.6 cm³/mol. The minimum Gasteiger partial charge on any atom is -0.314 e. The molecule has 0 unspecified atom stereocenters. The smallest absolute Gasteiger partial charge is 0.0740 e. The molecule has 2 nitrogen and oxygen atoms in total. The first-order chi connectivity index (χ1) is 4.27. The van der Waals surface area contributed by atoms with Gasteiger partial charge < -0.3 is 9.08 Å². The van der Waals surface area contributed by atoms with E-state index in [2.05, 4.69) is 11.8 Å². The van der Waals surface area contributed by atoms with Gasteiger partial charge in [-0.1, -0.05) is 6.92 Å². The molecule has 0 radical (unpaired) electrons. The fourth-order valence-corrected chi connectivity index (χ4v) is 0.721. The summed E-state index contributed by atoms with van der Waals surface area (Å²) in [5.41, 5.74) is 0. The summed E-state index contributed by atoms with van der Waals surface area (Å²) in [6.07, 6.45) is 0. The summed E-state index contributed by atoms with van der Waals surface area (Å²) >= 11 is 1.52. The molecule has 0 spiro atoms. The van der Waals surface area contributed by atoms with Crippen LogP contribution in [0.3, 0.4) is 0 Å². The van der Waals surface area contributed by atoms with Crippen LogP contribution in [0.4, 0.5) is 0 Å². The monoisotopic (exact) mass is 149 g/mol. The largest absolute Gasteiger partial charge is 0.314 e. The molecule has 0 saturated heterocycles. The summed E-state index contributed by atoms with van der Waals surface area (Å²) in [7, 11) is 4.08. The molecule has 0 heterocycles. The fraction of sp³-hybridized carbons (Fsp3) is 1.00. The van der Waals surface area contributed by atoms with Crippen molar-refractivity contribution in [2.45, 2.75) is 6.92 Å². The average molecular weight is 149 g/mol. The van der Waals surface area contributed by atoms with Crippen LogP contribution < -0.4 is 0 Å². The van der Waals surface area contributed by atoms with E-state index >= 15 is 0 Å². The van der Waals surface area contributed by atoms with Gasteiger partial charge in [-0.15, -0.1) is 0 Å². The highest BCUT2D eigenvalue weighted by atomic mass is 32.2. The van der Waals surface area contributed by atoms with Gasteiger partial charge in [0.15, 0.2) is 0 Å². The zero-order valence-electron chi connectivity index (χ0n) is 6.39. The van der Waals surface area contributed by atoms with Gasteiger partial charge >= 0.3 is 0 Å². The lowest BCUT2D eigenvalue weighted by Gasteiger charge is -2.07. The van der Waals surface area contributed by atoms with E-state index in [0.717, 1.165) is 18.9 Å². The van der Waals surface area contributed by atoms with Crippen molar-refractivity contribution in [1.82, 2.24) is 4.90 Å². The molecular weight excluding hydrogens is 134 g/mol. The van der Waals surface area contributed by atoms with Crippen LogP contribution >= 0.6 is 12.0 Å². The molecule has 0 aliphatic heterocycles. The highest BCUT2D eigenvalue weighted by Gasteiger charge is 1.88. The summed E-state index contributed by atoms with van der Waals surface area (Å²) in [6.45, 7) is 3.92. The van der Waals surface area contributed by atoms with Gasteiger partial charge in [-0.25, -0.2) is 0 Å². The summed E-state index contributed by atoms with van der Waals surface area (Å²) in [5.74, 6) is 1.04. The van der Waals surface area contributed by atoms with Crippen molar-refractivity contribution in [3.8, 4) is 0 Å². The SMILES string of the molecule is CCSOCCN(C)C. The van der Waals surface area contributed by atoms with E-state index in [1.165, 1.54) is 12.0 Å². The number of likely N-dealkylation sites (N-methyl/N-ethyl adjacent to an activating group) is 1. The van der Waals surface area contributed by atoms with Crippen LogP contribution in [0.1, 0.15) is 6.92 Å². The van der Waals surface area contributed by atoms with Crippen molar-refractivity contribution >= 4 is 12.0 Å². The topological polar surface area (TPSA) is 12.5 Å². The highest BCUT2D eigenvalue weighted by Crippen LogP contribution is 1.98. The van der Waals surface area contributed by atoms with Crippen molar-refractivity contribution in [2.24, 2.45) is 0 Å². The zero-order valence-corrected chi connectivity index (χ0v) is 7.20. The van der Waals surface area contributed by atoms with Crippen LogP contribution in [0.5, 0.6) is 0 Å². The van der Waals surface area contributed by atoms with Gasteiger partial charge in [0, 0.05) is 12.3 Å². The fourth-order valence-electron chi connectivity index (χ4n) is 0.362. The van der Waals surface area contributed by atoms with Crippen molar-refractivity contribution in [3.05, 3.63) is 0 Å². The number of hydrogen-bond acceptors (Lipinski definition) is 3. The maximum Gasteiger partial charge on any atom is 0.0740 e. The second-order valence-electron chi connectivity index (χ2n) is 2.03. The Kier molecular flexibility index (Phi) is 6.58. The zero-order chi connectivity index (χ0) is 7.11. The molecule has 0 atom stereocenters. The Morgan fingerprint density at radius 2 is 2.11 bits per heavy atom. The molecule has 9 heavy (non-hydrogen) atoms. The van der Waals surface area contributed by atoms with Gasteiger partial charge in [0.25, 0.3) is 0 Å². The van der Waals surface area contributed by atoms with Crippen molar-refractivity contribution in [1.29, 1.82) is 0 Å². The summed E-state index contributed by atoms with van der Waals surface area (Å²) in [5, 5.41) is 0. The van der Waals surface area contributed by atoms with Crippen molar-refractivity contribution in [2.75, 3.05) is 33.0 Å². The maximum atomic E-state index is 5.17. The molecule has 3 heteroatoms. The van der Waals surface area contributed by atoms with Gasteiger partial charge in [0.2, 0.25) is 0 Å². The highest BCUT2D eigenvalue weighted by molar-refractivity contribution is 7.94. The minimum absolute atomic E-state index is 0.825. The normalized spacial score (nSPS) is 10.7. The minimum atomic E-state index is 0.825. The van der Waals surface area contributed by atoms with Crippen LogP contribution in [-0.4, -0.2) is 37.9 Å². The van der Waals surface area contributed by atoms with Crippen LogP contribution in [0.15, 0.2) is 0 Å². The Morgan fingerprint density at radius 3 is 2.56 bits per heavy atom. The number of hydrogen-bond donors (Lipinski definition) is 0. The van der Waals surface area contributed by atoms with Crippen LogP contribution in [0.2, 0.25) is 0 Å². The molecule has 0 amide bonds. The maximum absolute atomic E-state index is 5.17. The molecule has 0 bridgehead atoms. The first kappa shape index (κ1) is 9.27. The number of nitrogens with zero attached hydrogens (tertiary/aromatic N) is 1. The van der Waals surface area contributed by atoms with Crippen molar-refractivity contribution in [3.63, 3.8) is 0 Å². The molecule has 0 fully saturated rings. The lowest BCUT2D eigenvalue weighted by molar-refractivity contribution is 0.293. The third-order valence-electron chi connectivity index (χ3n) is 0.823. The van der Waals surface area contributed by atoms with Gasteiger partial charge in [-0.2, -0.15) is 0 Å². The van der Waals surface area contributed by atoms with Gasteiger partial charge in [-0.05, 0) is 26.1 Å². The molecule has 0 aliphatic carbocycles. The molecule has 0 N–H and O–H groups in total. The third-order valence-corrected chi connectivity index (χ3v) is 1.39. The molecule has 56 valence electrons. The molecule has 0 aliphatic rings. The van der Waals surface area contributed by atoms with Gasteiger partial charge in [-0.3, -0.25) is 0 Å². The Morgan fingerprint density at radius 1 is 1.44 bits per heavy atom. The Labute approximate surface area is 61.8 Å². The number of rotatable bonds is 5. The van der Waals surface area contributed by atoms with E-state index in [9.17, 15) is 0 Å². The van der Waals surface area contributed by atoms with Crippen LogP contribution in [0, 0.1) is 0 Å². The standard InChI is InChI=1S/C6H15NOS/c1-4-9-8-6-5-7(2)3/h4-6H2,1-3H3.